The number of thioether (sulfide) groups is 1. The fourth-order valence-electron chi connectivity index (χ4n) is 3.15. The monoisotopic (exact) mass is 362 g/mol. The van der Waals surface area contributed by atoms with Gasteiger partial charge in [0.25, 0.3) is 0 Å². The van der Waals surface area contributed by atoms with E-state index in [1.165, 1.54) is 0 Å². The summed E-state index contributed by atoms with van der Waals surface area (Å²) in [5.74, 6) is 1.32. The van der Waals surface area contributed by atoms with Gasteiger partial charge in [0.05, 0.1) is 12.7 Å². The molecule has 0 aromatic heterocycles. The van der Waals surface area contributed by atoms with Crippen molar-refractivity contribution in [2.45, 2.75) is 9.64 Å². The number of carbonyl (C=O) groups is 1. The second kappa shape index (κ2) is 6.89. The highest BCUT2D eigenvalue weighted by Crippen LogP contribution is 2.48. The zero-order chi connectivity index (χ0) is 18.0. The summed E-state index contributed by atoms with van der Waals surface area (Å²) in [4.78, 5) is 14.6. The second-order valence-electron chi connectivity index (χ2n) is 6.09. The third kappa shape index (κ3) is 2.86. The minimum atomic E-state index is -0.815. The summed E-state index contributed by atoms with van der Waals surface area (Å²) in [6.45, 7) is 0.273. The van der Waals surface area contributed by atoms with Crippen molar-refractivity contribution in [2.24, 2.45) is 0 Å². The highest BCUT2D eigenvalue weighted by molar-refractivity contribution is 8.01. The number of rotatable bonds is 4. The summed E-state index contributed by atoms with van der Waals surface area (Å²) in [6.07, 6.45) is 0. The van der Waals surface area contributed by atoms with Gasteiger partial charge in [-0.15, -0.1) is 11.8 Å². The van der Waals surface area contributed by atoms with Gasteiger partial charge < -0.3 is 9.47 Å². The molecule has 0 spiro atoms. The number of carbonyl (C=O) groups excluding carboxylic acids is 1. The van der Waals surface area contributed by atoms with E-state index in [2.05, 4.69) is 0 Å². The molecule has 26 heavy (non-hydrogen) atoms. The highest BCUT2D eigenvalue weighted by atomic mass is 32.2. The second-order valence-corrected chi connectivity index (χ2v) is 7.46. The van der Waals surface area contributed by atoms with E-state index in [4.69, 9.17) is 9.47 Å². The predicted molar refractivity (Wildman–Crippen MR) is 103 cm³/mol. The van der Waals surface area contributed by atoms with Crippen LogP contribution in [0.2, 0.25) is 0 Å². The maximum atomic E-state index is 13.6. The molecule has 0 bridgehead atoms. The van der Waals surface area contributed by atoms with E-state index in [9.17, 15) is 4.79 Å². The topological polar surface area (TPSA) is 35.5 Å². The van der Waals surface area contributed by atoms with Crippen LogP contribution < -0.4 is 9.47 Å². The van der Waals surface area contributed by atoms with Gasteiger partial charge in [-0.2, -0.15) is 0 Å². The molecule has 0 N–H and O–H groups in total. The van der Waals surface area contributed by atoms with Crippen molar-refractivity contribution < 1.29 is 14.3 Å². The first-order valence-corrected chi connectivity index (χ1v) is 9.20. The number of benzene rings is 3. The van der Waals surface area contributed by atoms with Crippen LogP contribution in [0.5, 0.6) is 11.5 Å². The molecule has 0 saturated heterocycles. The molecule has 4 heteroatoms. The molecule has 0 aliphatic carbocycles. The molecular formula is C22H18O3S. The number of hydrogen-bond acceptors (Lipinski definition) is 4. The summed E-state index contributed by atoms with van der Waals surface area (Å²) < 4.78 is 10.5. The zero-order valence-corrected chi connectivity index (χ0v) is 15.2. The summed E-state index contributed by atoms with van der Waals surface area (Å²) in [6, 6.07) is 25.2. The van der Waals surface area contributed by atoms with Gasteiger partial charge in [0.2, 0.25) is 0 Å². The van der Waals surface area contributed by atoms with Gasteiger partial charge in [-0.1, -0.05) is 48.5 Å². The Morgan fingerprint density at radius 1 is 0.962 bits per heavy atom. The van der Waals surface area contributed by atoms with Crippen molar-refractivity contribution in [3.05, 3.63) is 90.0 Å². The molecule has 3 aromatic rings. The third-order valence-corrected chi connectivity index (χ3v) is 5.90. The van der Waals surface area contributed by atoms with Crippen LogP contribution in [0.3, 0.4) is 0 Å². The molecule has 130 valence electrons. The maximum absolute atomic E-state index is 13.6. The molecule has 0 saturated carbocycles. The first kappa shape index (κ1) is 16.7. The smallest absolute Gasteiger partial charge is 0.190 e. The van der Waals surface area contributed by atoms with Crippen LogP contribution in [0, 0.1) is 0 Å². The van der Waals surface area contributed by atoms with Crippen LogP contribution in [0.25, 0.3) is 0 Å². The number of ether oxygens (including phenoxy) is 2. The van der Waals surface area contributed by atoms with Crippen LogP contribution in [0.1, 0.15) is 15.9 Å². The molecule has 0 fully saturated rings. The number of Topliss-reactive ketones (excluding diaryl/α,β-unsaturated/α-hetero) is 1. The normalized spacial score (nSPS) is 18.7. The molecule has 1 aliphatic heterocycles. The van der Waals surface area contributed by atoms with Gasteiger partial charge in [-0.25, -0.2) is 0 Å². The summed E-state index contributed by atoms with van der Waals surface area (Å²) in [7, 11) is 1.60. The Morgan fingerprint density at radius 2 is 1.65 bits per heavy atom. The molecule has 1 atom stereocenters. The van der Waals surface area contributed by atoms with E-state index in [0.29, 0.717) is 17.1 Å². The molecule has 3 aromatic carbocycles. The van der Waals surface area contributed by atoms with Crippen molar-refractivity contribution in [1.29, 1.82) is 0 Å². The van der Waals surface area contributed by atoms with E-state index in [1.807, 2.05) is 60.7 Å². The molecule has 0 radical (unpaired) electrons. The van der Waals surface area contributed by atoms with E-state index in [0.717, 1.165) is 10.5 Å². The van der Waals surface area contributed by atoms with Gasteiger partial charge in [-0.3, -0.25) is 4.79 Å². The Bertz CT molecular complexity index is 925. The van der Waals surface area contributed by atoms with Crippen molar-refractivity contribution in [3.8, 4) is 11.5 Å². The number of methoxy groups -OCH3 is 1. The van der Waals surface area contributed by atoms with E-state index in [-0.39, 0.29) is 12.4 Å². The third-order valence-electron chi connectivity index (χ3n) is 4.51. The SMILES string of the molecule is COc1ccc2c(c1)OCC(Sc1ccccc1)(c1ccccc1)C2=O. The van der Waals surface area contributed by atoms with Crippen molar-refractivity contribution in [3.63, 3.8) is 0 Å². The summed E-state index contributed by atoms with van der Waals surface area (Å²) >= 11 is 1.54. The Balaban J connectivity index is 1.82. The van der Waals surface area contributed by atoms with Crippen LogP contribution in [0.4, 0.5) is 0 Å². The van der Waals surface area contributed by atoms with Gasteiger partial charge in [0, 0.05) is 11.0 Å². The molecule has 1 unspecified atom stereocenters. The van der Waals surface area contributed by atoms with Crippen LogP contribution in [0.15, 0.2) is 83.8 Å². The standard InChI is InChI=1S/C22H18O3S/c1-24-17-12-13-19-20(14-17)25-15-22(21(19)23,16-8-4-2-5-9-16)26-18-10-6-3-7-11-18/h2-14H,15H2,1H3. The molecule has 0 amide bonds. The zero-order valence-electron chi connectivity index (χ0n) is 14.3. The van der Waals surface area contributed by atoms with E-state index >= 15 is 0 Å². The maximum Gasteiger partial charge on any atom is 0.190 e. The summed E-state index contributed by atoms with van der Waals surface area (Å²) in [5.41, 5.74) is 1.53. The summed E-state index contributed by atoms with van der Waals surface area (Å²) in [5, 5.41) is 0. The molecule has 3 nitrogen and oxygen atoms in total. The van der Waals surface area contributed by atoms with Gasteiger partial charge in [0.1, 0.15) is 22.9 Å². The molecule has 4 rings (SSSR count). The van der Waals surface area contributed by atoms with Gasteiger partial charge in [0.15, 0.2) is 5.78 Å². The first-order valence-electron chi connectivity index (χ1n) is 8.38. The molecule has 1 heterocycles. The fraction of sp³-hybridized carbons (Fsp3) is 0.136. The van der Waals surface area contributed by atoms with E-state index < -0.39 is 4.75 Å². The van der Waals surface area contributed by atoms with Crippen molar-refractivity contribution in [2.75, 3.05) is 13.7 Å². The number of hydrogen-bond donors (Lipinski definition) is 0. The lowest BCUT2D eigenvalue weighted by atomic mass is 9.88. The Morgan fingerprint density at radius 3 is 2.35 bits per heavy atom. The average molecular weight is 362 g/mol. The van der Waals surface area contributed by atoms with Crippen LogP contribution >= 0.6 is 11.8 Å². The largest absolute Gasteiger partial charge is 0.497 e. The molecular weight excluding hydrogens is 344 g/mol. The lowest BCUT2D eigenvalue weighted by Crippen LogP contribution is -2.42. The van der Waals surface area contributed by atoms with Crippen molar-refractivity contribution >= 4 is 17.5 Å². The lowest BCUT2D eigenvalue weighted by molar-refractivity contribution is 0.0867. The van der Waals surface area contributed by atoms with Crippen LogP contribution in [-0.4, -0.2) is 19.5 Å². The Kier molecular flexibility index (Phi) is 4.43. The Labute approximate surface area is 157 Å². The number of ketones is 1. The minimum Gasteiger partial charge on any atom is -0.497 e. The fourth-order valence-corrected chi connectivity index (χ4v) is 4.42. The minimum absolute atomic E-state index is 0.0569. The van der Waals surface area contributed by atoms with Crippen LogP contribution in [-0.2, 0) is 4.75 Å². The van der Waals surface area contributed by atoms with Crippen molar-refractivity contribution in [1.82, 2.24) is 0 Å². The Hall–Kier alpha value is -2.72. The quantitative estimate of drug-likeness (QED) is 0.657. The first-order chi connectivity index (χ1) is 12.7. The predicted octanol–water partition coefficient (Wildman–Crippen LogP) is 4.96. The average Bonchev–Trinajstić information content (AvgIpc) is 2.71. The lowest BCUT2D eigenvalue weighted by Gasteiger charge is -2.36. The molecule has 1 aliphatic rings. The van der Waals surface area contributed by atoms with Gasteiger partial charge >= 0.3 is 0 Å². The van der Waals surface area contributed by atoms with Gasteiger partial charge in [-0.05, 0) is 29.8 Å². The number of fused-ring (bicyclic) bond motifs is 1. The van der Waals surface area contributed by atoms with E-state index in [1.54, 1.807) is 37.1 Å². The highest BCUT2D eigenvalue weighted by Gasteiger charge is 2.46.